The van der Waals surface area contributed by atoms with Crippen molar-refractivity contribution in [2.45, 2.75) is 47.1 Å². The minimum atomic E-state index is -5.25. The molecule has 0 N–H and O–H groups in total. The lowest BCUT2D eigenvalue weighted by Crippen LogP contribution is -2.50. The van der Waals surface area contributed by atoms with E-state index in [4.69, 9.17) is 4.74 Å². The zero-order chi connectivity index (χ0) is 22.1. The molecule has 0 unspecified atom stereocenters. The number of hydrogen-bond donors (Lipinski definition) is 0. The molecule has 0 aliphatic carbocycles. The van der Waals surface area contributed by atoms with E-state index in [1.165, 1.54) is 6.92 Å². The standard InChI is InChI=1S/C19H27FN2O6S/c1-12-15(11-23)13(2)17(28-29(20,25)26)14(3)16(12)21-7-9-22(10-8-21)18(24)27-19(4,5)6/h11H,7-10H2,1-6H3. The Morgan fingerprint density at radius 2 is 1.59 bits per heavy atom. The summed E-state index contributed by atoms with van der Waals surface area (Å²) in [5.41, 5.74) is 1.56. The van der Waals surface area contributed by atoms with Crippen LogP contribution in [0.2, 0.25) is 0 Å². The second-order valence-electron chi connectivity index (χ2n) is 8.02. The van der Waals surface area contributed by atoms with Crippen LogP contribution >= 0.6 is 0 Å². The Bertz CT molecular complexity index is 916. The van der Waals surface area contributed by atoms with Gasteiger partial charge in [-0.05, 0) is 47.1 Å². The fraction of sp³-hybridized carbons (Fsp3) is 0.579. The summed E-state index contributed by atoms with van der Waals surface area (Å²) in [6.07, 6.45) is 0.193. The summed E-state index contributed by atoms with van der Waals surface area (Å²) >= 11 is 0. The van der Waals surface area contributed by atoms with Crippen LogP contribution in [0.4, 0.5) is 14.4 Å². The number of nitrogens with zero attached hydrogens (tertiary/aromatic N) is 2. The number of anilines is 1. The number of halogens is 1. The third kappa shape index (κ3) is 5.37. The summed E-state index contributed by atoms with van der Waals surface area (Å²) in [5.74, 6) is -0.190. The molecule has 2 rings (SSSR count). The molecule has 1 aliphatic heterocycles. The number of benzene rings is 1. The van der Waals surface area contributed by atoms with Gasteiger partial charge in [0.15, 0.2) is 12.0 Å². The fourth-order valence-corrected chi connectivity index (χ4v) is 3.97. The van der Waals surface area contributed by atoms with Crippen LogP contribution in [0.5, 0.6) is 5.75 Å². The van der Waals surface area contributed by atoms with Crippen molar-refractivity contribution in [1.82, 2.24) is 4.90 Å². The Morgan fingerprint density at radius 3 is 2.03 bits per heavy atom. The molecule has 1 heterocycles. The molecule has 1 aromatic rings. The van der Waals surface area contributed by atoms with Gasteiger partial charge in [-0.15, -0.1) is 0 Å². The number of aldehydes is 1. The molecular weight excluding hydrogens is 403 g/mol. The first-order chi connectivity index (χ1) is 13.2. The second-order valence-corrected chi connectivity index (χ2v) is 8.97. The van der Waals surface area contributed by atoms with Crippen LogP contribution in [0.15, 0.2) is 0 Å². The van der Waals surface area contributed by atoms with Gasteiger partial charge in [0.25, 0.3) is 0 Å². The maximum Gasteiger partial charge on any atom is 0.488 e. The highest BCUT2D eigenvalue weighted by atomic mass is 32.3. The zero-order valence-corrected chi connectivity index (χ0v) is 18.4. The molecular formula is C19H27FN2O6S. The van der Waals surface area contributed by atoms with E-state index in [0.29, 0.717) is 49.3 Å². The van der Waals surface area contributed by atoms with Gasteiger partial charge in [-0.3, -0.25) is 4.79 Å². The van der Waals surface area contributed by atoms with Crippen LogP contribution in [-0.4, -0.2) is 57.5 Å². The van der Waals surface area contributed by atoms with Gasteiger partial charge in [-0.25, -0.2) is 4.79 Å². The third-order valence-corrected chi connectivity index (χ3v) is 5.11. The Hall–Kier alpha value is -2.36. The molecule has 29 heavy (non-hydrogen) atoms. The Balaban J connectivity index is 2.35. The smallest absolute Gasteiger partial charge is 0.444 e. The number of hydrogen-bond acceptors (Lipinski definition) is 7. The Kier molecular flexibility index (Phi) is 6.46. The van der Waals surface area contributed by atoms with E-state index in [1.54, 1.807) is 39.5 Å². The van der Waals surface area contributed by atoms with E-state index in [0.717, 1.165) is 0 Å². The van der Waals surface area contributed by atoms with Gasteiger partial charge in [0.1, 0.15) is 5.60 Å². The second kappa shape index (κ2) is 8.17. The minimum Gasteiger partial charge on any atom is -0.444 e. The number of piperazine rings is 1. The molecule has 162 valence electrons. The molecule has 0 saturated carbocycles. The molecule has 0 atom stereocenters. The van der Waals surface area contributed by atoms with Crippen molar-refractivity contribution < 1.29 is 30.8 Å². The fourth-order valence-electron chi connectivity index (χ4n) is 3.52. The predicted molar refractivity (Wildman–Crippen MR) is 107 cm³/mol. The van der Waals surface area contributed by atoms with Gasteiger partial charge < -0.3 is 18.7 Å². The Morgan fingerprint density at radius 1 is 1.03 bits per heavy atom. The van der Waals surface area contributed by atoms with Crippen molar-refractivity contribution in [2.24, 2.45) is 0 Å². The quantitative estimate of drug-likeness (QED) is 0.535. The lowest BCUT2D eigenvalue weighted by atomic mass is 9.95. The summed E-state index contributed by atoms with van der Waals surface area (Å²) in [7, 11) is -5.25. The van der Waals surface area contributed by atoms with Crippen molar-refractivity contribution in [3.05, 3.63) is 22.3 Å². The van der Waals surface area contributed by atoms with Crippen molar-refractivity contribution in [1.29, 1.82) is 0 Å². The van der Waals surface area contributed by atoms with Crippen molar-refractivity contribution in [3.63, 3.8) is 0 Å². The Labute approximate surface area is 171 Å². The maximum absolute atomic E-state index is 13.2. The topological polar surface area (TPSA) is 93.2 Å². The minimum absolute atomic E-state index is 0.190. The van der Waals surface area contributed by atoms with Gasteiger partial charge in [0, 0.05) is 48.6 Å². The summed E-state index contributed by atoms with van der Waals surface area (Å²) in [4.78, 5) is 27.4. The van der Waals surface area contributed by atoms with Crippen molar-refractivity contribution in [2.75, 3.05) is 31.1 Å². The SMILES string of the molecule is Cc1c(C=O)c(C)c(N2CCN(C(=O)OC(C)(C)C)CC2)c(C)c1OS(=O)(=O)F. The monoisotopic (exact) mass is 430 g/mol. The van der Waals surface area contributed by atoms with E-state index in [-0.39, 0.29) is 16.9 Å². The van der Waals surface area contributed by atoms with Gasteiger partial charge in [-0.1, -0.05) is 3.89 Å². The highest BCUT2D eigenvalue weighted by molar-refractivity contribution is 7.81. The molecule has 1 amide bonds. The van der Waals surface area contributed by atoms with Gasteiger partial charge in [-0.2, -0.15) is 8.42 Å². The van der Waals surface area contributed by atoms with E-state index in [9.17, 15) is 21.9 Å². The number of carbonyl (C=O) groups excluding carboxylic acids is 2. The van der Waals surface area contributed by atoms with E-state index < -0.39 is 22.2 Å². The van der Waals surface area contributed by atoms with Crippen LogP contribution < -0.4 is 9.08 Å². The summed E-state index contributed by atoms with van der Waals surface area (Å²) < 4.78 is 45.3. The summed E-state index contributed by atoms with van der Waals surface area (Å²) in [6, 6.07) is 0. The van der Waals surface area contributed by atoms with E-state index in [1.807, 2.05) is 4.90 Å². The highest BCUT2D eigenvalue weighted by Crippen LogP contribution is 2.39. The average Bonchev–Trinajstić information content (AvgIpc) is 2.57. The van der Waals surface area contributed by atoms with Gasteiger partial charge >= 0.3 is 16.6 Å². The van der Waals surface area contributed by atoms with Crippen molar-refractivity contribution in [3.8, 4) is 5.75 Å². The molecule has 1 aliphatic rings. The van der Waals surface area contributed by atoms with Crippen molar-refractivity contribution >= 4 is 28.6 Å². The normalized spacial score (nSPS) is 15.3. The molecule has 0 bridgehead atoms. The lowest BCUT2D eigenvalue weighted by Gasteiger charge is -2.38. The first kappa shape index (κ1) is 22.9. The van der Waals surface area contributed by atoms with Crippen LogP contribution in [0.3, 0.4) is 0 Å². The molecule has 1 fully saturated rings. The lowest BCUT2D eigenvalue weighted by molar-refractivity contribution is 0.0240. The first-order valence-electron chi connectivity index (χ1n) is 9.21. The molecule has 1 saturated heterocycles. The van der Waals surface area contributed by atoms with Crippen LogP contribution in [0.1, 0.15) is 47.8 Å². The third-order valence-electron chi connectivity index (χ3n) is 4.75. The molecule has 0 aromatic heterocycles. The van der Waals surface area contributed by atoms with Gasteiger partial charge in [0.2, 0.25) is 0 Å². The summed E-state index contributed by atoms with van der Waals surface area (Å²) in [6.45, 7) is 11.9. The summed E-state index contributed by atoms with van der Waals surface area (Å²) in [5, 5.41) is 0. The van der Waals surface area contributed by atoms with Crippen LogP contribution in [0.25, 0.3) is 0 Å². The zero-order valence-electron chi connectivity index (χ0n) is 17.5. The number of ether oxygens (including phenoxy) is 1. The van der Waals surface area contributed by atoms with E-state index in [2.05, 4.69) is 4.18 Å². The average molecular weight is 430 g/mol. The van der Waals surface area contributed by atoms with Crippen LogP contribution in [0, 0.1) is 20.8 Å². The number of rotatable bonds is 4. The van der Waals surface area contributed by atoms with Crippen LogP contribution in [-0.2, 0) is 15.2 Å². The first-order valence-corrected chi connectivity index (χ1v) is 10.5. The van der Waals surface area contributed by atoms with Gasteiger partial charge in [0.05, 0.1) is 0 Å². The maximum atomic E-state index is 13.2. The van der Waals surface area contributed by atoms with E-state index >= 15 is 0 Å². The number of amides is 1. The molecule has 10 heteroatoms. The highest BCUT2D eigenvalue weighted by Gasteiger charge is 2.29. The largest absolute Gasteiger partial charge is 0.488 e. The predicted octanol–water partition coefficient (Wildman–Crippen LogP) is 3.07. The molecule has 8 nitrogen and oxygen atoms in total. The molecule has 0 radical (unpaired) electrons. The molecule has 0 spiro atoms. The molecule has 1 aromatic carbocycles. The number of carbonyl (C=O) groups is 2.